The Labute approximate surface area is 124 Å². The largest absolute Gasteiger partial charge is 0.323 e. The van der Waals surface area contributed by atoms with Crippen LogP contribution in [0.5, 0.6) is 0 Å². The third kappa shape index (κ3) is 3.48. The first-order chi connectivity index (χ1) is 9.40. The van der Waals surface area contributed by atoms with E-state index < -0.39 is 15.9 Å². The van der Waals surface area contributed by atoms with Gasteiger partial charge in [0, 0.05) is 6.04 Å². The summed E-state index contributed by atoms with van der Waals surface area (Å²) in [5.74, 6) is 0.393. The van der Waals surface area contributed by atoms with Crippen LogP contribution < -0.4 is 5.73 Å². The summed E-state index contributed by atoms with van der Waals surface area (Å²) >= 11 is 1.23. The van der Waals surface area contributed by atoms with Gasteiger partial charge in [-0.3, -0.25) is 0 Å². The van der Waals surface area contributed by atoms with E-state index in [0.717, 1.165) is 5.56 Å². The van der Waals surface area contributed by atoms with Crippen LogP contribution in [0.15, 0.2) is 46.0 Å². The third-order valence-corrected chi connectivity index (χ3v) is 6.49. The van der Waals surface area contributed by atoms with Crippen molar-refractivity contribution >= 4 is 21.2 Å². The lowest BCUT2D eigenvalue weighted by atomic mass is 10.00. The van der Waals surface area contributed by atoms with E-state index in [9.17, 15) is 8.42 Å². The summed E-state index contributed by atoms with van der Waals surface area (Å²) in [6.07, 6.45) is 0. The first-order valence-corrected chi connectivity index (χ1v) is 9.05. The van der Waals surface area contributed by atoms with Crippen LogP contribution >= 0.6 is 11.3 Å². The molecule has 0 spiro atoms. The van der Waals surface area contributed by atoms with E-state index in [2.05, 4.69) is 13.8 Å². The number of hydrogen-bond acceptors (Lipinski definition) is 4. The highest BCUT2D eigenvalue weighted by Crippen LogP contribution is 2.23. The molecule has 2 rings (SSSR count). The van der Waals surface area contributed by atoms with E-state index >= 15 is 0 Å². The van der Waals surface area contributed by atoms with Crippen LogP contribution in [0.3, 0.4) is 0 Å². The maximum Gasteiger partial charge on any atom is 0.189 e. The van der Waals surface area contributed by atoms with Crippen LogP contribution in [0.1, 0.15) is 36.9 Å². The molecule has 3 nitrogen and oxygen atoms in total. The molecule has 1 unspecified atom stereocenters. The molecule has 0 saturated carbocycles. The molecule has 20 heavy (non-hydrogen) atoms. The Bertz CT molecular complexity index is 644. The lowest BCUT2D eigenvalue weighted by Gasteiger charge is -2.13. The normalized spacial score (nSPS) is 13.6. The Morgan fingerprint density at radius 2 is 1.70 bits per heavy atom. The van der Waals surface area contributed by atoms with E-state index in [1.54, 1.807) is 17.5 Å². The molecule has 5 heteroatoms. The molecular weight excluding hydrogens is 290 g/mol. The second kappa shape index (κ2) is 6.08. The summed E-state index contributed by atoms with van der Waals surface area (Å²) in [6.45, 7) is 4.24. The van der Waals surface area contributed by atoms with Crippen LogP contribution in [-0.2, 0) is 9.84 Å². The summed E-state index contributed by atoms with van der Waals surface area (Å²) in [4.78, 5) is 0. The molecule has 0 saturated heterocycles. The summed E-state index contributed by atoms with van der Waals surface area (Å²) in [5, 5.41) is 1.76. The third-order valence-electron chi connectivity index (χ3n) is 3.23. The molecule has 0 aliphatic heterocycles. The number of thiophene rings is 1. The molecule has 0 aliphatic rings. The van der Waals surface area contributed by atoms with Crippen LogP contribution in [0.25, 0.3) is 0 Å². The quantitative estimate of drug-likeness (QED) is 0.921. The van der Waals surface area contributed by atoms with E-state index in [-0.39, 0.29) is 5.75 Å². The van der Waals surface area contributed by atoms with Crippen molar-refractivity contribution in [2.75, 3.05) is 5.75 Å². The van der Waals surface area contributed by atoms with E-state index in [1.807, 2.05) is 24.3 Å². The predicted molar refractivity (Wildman–Crippen MR) is 83.8 cm³/mol. The second-order valence-electron chi connectivity index (χ2n) is 5.14. The first-order valence-electron chi connectivity index (χ1n) is 6.52. The lowest BCUT2D eigenvalue weighted by molar-refractivity contribution is 0.591. The van der Waals surface area contributed by atoms with Crippen molar-refractivity contribution in [2.45, 2.75) is 30.0 Å². The maximum atomic E-state index is 12.2. The van der Waals surface area contributed by atoms with Crippen molar-refractivity contribution in [1.29, 1.82) is 0 Å². The number of hydrogen-bond donors (Lipinski definition) is 1. The minimum atomic E-state index is -3.30. The monoisotopic (exact) mass is 309 g/mol. The molecule has 0 aliphatic carbocycles. The van der Waals surface area contributed by atoms with Gasteiger partial charge in [-0.1, -0.05) is 44.2 Å². The van der Waals surface area contributed by atoms with Gasteiger partial charge in [0.2, 0.25) is 0 Å². The van der Waals surface area contributed by atoms with Crippen LogP contribution in [0.4, 0.5) is 0 Å². The molecule has 0 fully saturated rings. The molecule has 1 heterocycles. The molecule has 1 atom stereocenters. The Kier molecular flexibility index (Phi) is 4.62. The summed E-state index contributed by atoms with van der Waals surface area (Å²) in [6, 6.07) is 10.7. The van der Waals surface area contributed by atoms with E-state index in [1.165, 1.54) is 16.9 Å². The zero-order valence-electron chi connectivity index (χ0n) is 11.6. The van der Waals surface area contributed by atoms with Gasteiger partial charge >= 0.3 is 0 Å². The highest BCUT2D eigenvalue weighted by molar-refractivity contribution is 7.93. The van der Waals surface area contributed by atoms with Crippen molar-refractivity contribution in [3.05, 3.63) is 52.9 Å². The molecule has 108 valence electrons. The standard InChI is InChI=1S/C15H19NO2S2/c1-11(2)12-5-7-13(8-6-12)14(16)10-20(17,18)15-4-3-9-19-15/h3-9,11,14H,10,16H2,1-2H3. The fourth-order valence-electron chi connectivity index (χ4n) is 1.98. The summed E-state index contributed by atoms with van der Waals surface area (Å²) < 4.78 is 24.7. The molecule has 0 bridgehead atoms. The van der Waals surface area contributed by atoms with Crippen LogP contribution in [-0.4, -0.2) is 14.2 Å². The summed E-state index contributed by atoms with van der Waals surface area (Å²) in [7, 11) is -3.30. The lowest BCUT2D eigenvalue weighted by Crippen LogP contribution is -2.21. The number of benzene rings is 1. The minimum absolute atomic E-state index is 0.0610. The molecule has 2 aromatic rings. The van der Waals surface area contributed by atoms with Gasteiger partial charge in [-0.2, -0.15) is 0 Å². The fraction of sp³-hybridized carbons (Fsp3) is 0.333. The van der Waals surface area contributed by atoms with Gasteiger partial charge in [-0.05, 0) is 28.5 Å². The van der Waals surface area contributed by atoms with Crippen molar-refractivity contribution in [3.8, 4) is 0 Å². The molecule has 1 aromatic carbocycles. The molecule has 0 radical (unpaired) electrons. The second-order valence-corrected chi connectivity index (χ2v) is 8.35. The van der Waals surface area contributed by atoms with Gasteiger partial charge in [0.15, 0.2) is 9.84 Å². The Hall–Kier alpha value is -1.17. The molecule has 0 amide bonds. The number of sulfone groups is 1. The fourth-order valence-corrected chi connectivity index (χ4v) is 4.50. The average molecular weight is 309 g/mol. The number of nitrogens with two attached hydrogens (primary N) is 1. The van der Waals surface area contributed by atoms with Crippen molar-refractivity contribution in [1.82, 2.24) is 0 Å². The Morgan fingerprint density at radius 3 is 2.20 bits per heavy atom. The molecular formula is C15H19NO2S2. The van der Waals surface area contributed by atoms with Gasteiger partial charge in [0.1, 0.15) is 4.21 Å². The molecule has 1 aromatic heterocycles. The Morgan fingerprint density at radius 1 is 1.10 bits per heavy atom. The average Bonchev–Trinajstić information content (AvgIpc) is 2.93. The maximum absolute atomic E-state index is 12.2. The van der Waals surface area contributed by atoms with Gasteiger partial charge < -0.3 is 5.73 Å². The smallest absolute Gasteiger partial charge is 0.189 e. The van der Waals surface area contributed by atoms with Crippen molar-refractivity contribution in [3.63, 3.8) is 0 Å². The van der Waals surface area contributed by atoms with Crippen molar-refractivity contribution in [2.24, 2.45) is 5.73 Å². The van der Waals surface area contributed by atoms with Crippen molar-refractivity contribution < 1.29 is 8.42 Å². The van der Waals surface area contributed by atoms with Gasteiger partial charge in [0.25, 0.3) is 0 Å². The van der Waals surface area contributed by atoms with E-state index in [4.69, 9.17) is 5.73 Å². The van der Waals surface area contributed by atoms with Gasteiger partial charge in [0.05, 0.1) is 5.75 Å². The van der Waals surface area contributed by atoms with Gasteiger partial charge in [-0.15, -0.1) is 11.3 Å². The zero-order chi connectivity index (χ0) is 14.8. The SMILES string of the molecule is CC(C)c1ccc(C(N)CS(=O)(=O)c2cccs2)cc1. The van der Waals surface area contributed by atoms with Crippen LogP contribution in [0.2, 0.25) is 0 Å². The zero-order valence-corrected chi connectivity index (χ0v) is 13.2. The van der Waals surface area contributed by atoms with Gasteiger partial charge in [-0.25, -0.2) is 8.42 Å². The summed E-state index contributed by atoms with van der Waals surface area (Å²) in [5.41, 5.74) is 8.12. The predicted octanol–water partition coefficient (Wildman–Crippen LogP) is 3.35. The highest BCUT2D eigenvalue weighted by Gasteiger charge is 2.20. The molecule has 2 N–H and O–H groups in total. The minimum Gasteiger partial charge on any atom is -0.323 e. The van der Waals surface area contributed by atoms with E-state index in [0.29, 0.717) is 10.1 Å². The highest BCUT2D eigenvalue weighted by atomic mass is 32.2. The topological polar surface area (TPSA) is 60.2 Å². The van der Waals surface area contributed by atoms with Crippen LogP contribution in [0, 0.1) is 0 Å². The number of rotatable bonds is 5. The Balaban J connectivity index is 2.14. The first kappa shape index (κ1) is 15.2.